The second-order valence-corrected chi connectivity index (χ2v) is 7.87. The van der Waals surface area contributed by atoms with Crippen molar-refractivity contribution in [2.24, 2.45) is 0 Å². The van der Waals surface area contributed by atoms with Crippen molar-refractivity contribution in [2.75, 3.05) is 11.1 Å². The summed E-state index contributed by atoms with van der Waals surface area (Å²) in [7, 11) is -3.80. The molecule has 0 spiro atoms. The van der Waals surface area contributed by atoms with E-state index in [-0.39, 0.29) is 4.90 Å². The van der Waals surface area contributed by atoms with Gasteiger partial charge in [0.05, 0.1) is 4.90 Å². The molecule has 1 aromatic heterocycles. The molecule has 0 bridgehead atoms. The molecular weight excluding hydrogens is 337 g/mol. The molecule has 0 saturated heterocycles. The highest BCUT2D eigenvalue weighted by Gasteiger charge is 2.19. The fraction of sp³-hybridized carbons (Fsp3) is 0.0625. The average molecular weight is 349 g/mol. The van der Waals surface area contributed by atoms with Gasteiger partial charge in [0.2, 0.25) is 5.91 Å². The van der Waals surface area contributed by atoms with Crippen molar-refractivity contribution in [1.82, 2.24) is 0 Å². The van der Waals surface area contributed by atoms with Crippen molar-refractivity contribution < 1.29 is 17.6 Å². The third-order valence-corrected chi connectivity index (χ3v) is 5.76. The van der Waals surface area contributed by atoms with E-state index in [9.17, 15) is 17.6 Å². The van der Waals surface area contributed by atoms with Crippen LogP contribution in [0.5, 0.6) is 0 Å². The van der Waals surface area contributed by atoms with Gasteiger partial charge in [-0.3, -0.25) is 4.79 Å². The molecule has 7 heteroatoms. The minimum absolute atomic E-state index is 0.0812. The maximum atomic E-state index is 12.9. The van der Waals surface area contributed by atoms with Crippen LogP contribution in [0.15, 0.2) is 58.8 Å². The van der Waals surface area contributed by atoms with E-state index >= 15 is 0 Å². The second-order valence-electron chi connectivity index (χ2n) is 4.93. The molecule has 0 radical (unpaired) electrons. The van der Waals surface area contributed by atoms with Crippen molar-refractivity contribution in [2.45, 2.75) is 4.90 Å². The summed E-state index contributed by atoms with van der Waals surface area (Å²) in [4.78, 5) is 11.9. The molecular formula is C16H12FNO3S2. The van der Waals surface area contributed by atoms with Crippen molar-refractivity contribution >= 4 is 42.9 Å². The number of hydrogen-bond acceptors (Lipinski definition) is 4. The van der Waals surface area contributed by atoms with Crippen molar-refractivity contribution in [3.05, 3.63) is 59.7 Å². The van der Waals surface area contributed by atoms with Gasteiger partial charge in [-0.05, 0) is 59.3 Å². The molecule has 118 valence electrons. The number of rotatable bonds is 4. The van der Waals surface area contributed by atoms with E-state index < -0.39 is 27.3 Å². The highest BCUT2D eigenvalue weighted by Crippen LogP contribution is 2.24. The summed E-state index contributed by atoms with van der Waals surface area (Å²) >= 11 is 1.58. The van der Waals surface area contributed by atoms with Gasteiger partial charge in [-0.1, -0.05) is 0 Å². The molecule has 1 N–H and O–H groups in total. The van der Waals surface area contributed by atoms with Gasteiger partial charge in [0.15, 0.2) is 9.84 Å². The van der Waals surface area contributed by atoms with Crippen molar-refractivity contribution in [1.29, 1.82) is 0 Å². The zero-order chi connectivity index (χ0) is 16.4. The lowest BCUT2D eigenvalue weighted by Crippen LogP contribution is -2.23. The highest BCUT2D eigenvalue weighted by atomic mass is 32.2. The number of carbonyl (C=O) groups excluding carboxylic acids is 1. The van der Waals surface area contributed by atoms with Gasteiger partial charge in [-0.15, -0.1) is 11.3 Å². The standard InChI is InChI=1S/C16H12FNO3S2/c17-12-1-4-14(5-2-12)23(20,21)10-16(19)18-13-3-6-15-11(9-13)7-8-22-15/h1-9H,10H2,(H,18,19). The Morgan fingerprint density at radius 1 is 1.09 bits per heavy atom. The Hall–Kier alpha value is -2.25. The summed E-state index contributed by atoms with van der Waals surface area (Å²) in [6, 6.07) is 11.7. The Balaban J connectivity index is 1.74. The topological polar surface area (TPSA) is 63.2 Å². The predicted molar refractivity (Wildman–Crippen MR) is 88.9 cm³/mol. The van der Waals surface area contributed by atoms with Crippen LogP contribution in [0.3, 0.4) is 0 Å². The quantitative estimate of drug-likeness (QED) is 0.734. The van der Waals surface area contributed by atoms with Crippen LogP contribution in [0.2, 0.25) is 0 Å². The fourth-order valence-electron chi connectivity index (χ4n) is 2.14. The number of hydrogen-bond donors (Lipinski definition) is 1. The summed E-state index contributed by atoms with van der Waals surface area (Å²) in [5.74, 6) is -1.86. The third-order valence-electron chi connectivity index (χ3n) is 3.23. The monoisotopic (exact) mass is 349 g/mol. The van der Waals surface area contributed by atoms with Crippen LogP contribution < -0.4 is 5.32 Å². The number of carbonyl (C=O) groups is 1. The lowest BCUT2D eigenvalue weighted by atomic mass is 10.2. The smallest absolute Gasteiger partial charge is 0.239 e. The lowest BCUT2D eigenvalue weighted by molar-refractivity contribution is -0.113. The number of nitrogens with one attached hydrogen (secondary N) is 1. The van der Waals surface area contributed by atoms with E-state index in [1.165, 1.54) is 0 Å². The molecule has 23 heavy (non-hydrogen) atoms. The van der Waals surface area contributed by atoms with E-state index in [2.05, 4.69) is 5.32 Å². The Labute approximate surface area is 136 Å². The maximum absolute atomic E-state index is 12.9. The van der Waals surface area contributed by atoms with Crippen LogP contribution in [-0.2, 0) is 14.6 Å². The van der Waals surface area contributed by atoms with Gasteiger partial charge in [0.1, 0.15) is 11.6 Å². The van der Waals surface area contributed by atoms with E-state index in [1.54, 1.807) is 23.5 Å². The Bertz CT molecular complexity index is 962. The molecule has 0 atom stereocenters. The zero-order valence-corrected chi connectivity index (χ0v) is 13.5. The third kappa shape index (κ3) is 3.57. The van der Waals surface area contributed by atoms with E-state index in [1.807, 2.05) is 17.5 Å². The second kappa shape index (κ2) is 6.10. The van der Waals surface area contributed by atoms with Gasteiger partial charge in [-0.2, -0.15) is 0 Å². The largest absolute Gasteiger partial charge is 0.325 e. The molecule has 0 aliphatic carbocycles. The van der Waals surface area contributed by atoms with Gasteiger partial charge in [0.25, 0.3) is 0 Å². The summed E-state index contributed by atoms with van der Waals surface area (Å²) in [5.41, 5.74) is 0.537. The van der Waals surface area contributed by atoms with Gasteiger partial charge >= 0.3 is 0 Å². The summed E-state index contributed by atoms with van der Waals surface area (Å²) in [5, 5.41) is 5.49. The molecule has 3 rings (SSSR count). The molecule has 0 fully saturated rings. The van der Waals surface area contributed by atoms with Crippen LogP contribution in [0.25, 0.3) is 10.1 Å². The summed E-state index contributed by atoms with van der Waals surface area (Å²) in [6.07, 6.45) is 0. The first-order valence-electron chi connectivity index (χ1n) is 6.69. The molecule has 2 aromatic carbocycles. The first-order valence-corrected chi connectivity index (χ1v) is 9.23. The van der Waals surface area contributed by atoms with E-state index in [4.69, 9.17) is 0 Å². The highest BCUT2D eigenvalue weighted by molar-refractivity contribution is 7.92. The Kier molecular flexibility index (Phi) is 4.14. The first kappa shape index (κ1) is 15.6. The normalized spacial score (nSPS) is 11.5. The van der Waals surface area contributed by atoms with Crippen LogP contribution >= 0.6 is 11.3 Å². The number of sulfone groups is 1. The Morgan fingerprint density at radius 3 is 2.57 bits per heavy atom. The molecule has 4 nitrogen and oxygen atoms in total. The molecule has 0 aliphatic heterocycles. The SMILES string of the molecule is O=C(CS(=O)(=O)c1ccc(F)cc1)Nc1ccc2sccc2c1. The van der Waals surface area contributed by atoms with Crippen LogP contribution in [-0.4, -0.2) is 20.1 Å². The fourth-order valence-corrected chi connectivity index (χ4v) is 4.05. The number of thiophene rings is 1. The average Bonchev–Trinajstić information content (AvgIpc) is 2.94. The molecule has 3 aromatic rings. The van der Waals surface area contributed by atoms with Crippen LogP contribution in [0, 0.1) is 5.82 Å². The summed E-state index contributed by atoms with van der Waals surface area (Å²) in [6.45, 7) is 0. The molecule has 1 heterocycles. The van der Waals surface area contributed by atoms with Crippen LogP contribution in [0.1, 0.15) is 0 Å². The lowest BCUT2D eigenvalue weighted by Gasteiger charge is -2.07. The van der Waals surface area contributed by atoms with E-state index in [0.717, 1.165) is 34.4 Å². The predicted octanol–water partition coefficient (Wildman–Crippen LogP) is 3.45. The van der Waals surface area contributed by atoms with Crippen molar-refractivity contribution in [3.63, 3.8) is 0 Å². The summed E-state index contributed by atoms with van der Waals surface area (Å²) < 4.78 is 38.2. The Morgan fingerprint density at radius 2 is 1.83 bits per heavy atom. The van der Waals surface area contributed by atoms with Gasteiger partial charge in [-0.25, -0.2) is 12.8 Å². The number of fused-ring (bicyclic) bond motifs is 1. The first-order chi connectivity index (χ1) is 10.9. The van der Waals surface area contributed by atoms with E-state index in [0.29, 0.717) is 5.69 Å². The maximum Gasteiger partial charge on any atom is 0.239 e. The molecule has 0 aliphatic rings. The number of halogens is 1. The number of benzene rings is 2. The van der Waals surface area contributed by atoms with Gasteiger partial charge < -0.3 is 5.32 Å². The molecule has 0 saturated carbocycles. The number of amides is 1. The van der Waals surface area contributed by atoms with Gasteiger partial charge in [0, 0.05) is 10.4 Å². The molecule has 1 amide bonds. The zero-order valence-electron chi connectivity index (χ0n) is 11.8. The molecule has 0 unspecified atom stereocenters. The van der Waals surface area contributed by atoms with Crippen LogP contribution in [0.4, 0.5) is 10.1 Å². The van der Waals surface area contributed by atoms with Crippen molar-refractivity contribution in [3.8, 4) is 0 Å². The minimum Gasteiger partial charge on any atom is -0.325 e. The minimum atomic E-state index is -3.80. The number of anilines is 1.